The third kappa shape index (κ3) is 4.07. The second-order valence-electron chi connectivity index (χ2n) is 4.25. The van der Waals surface area contributed by atoms with Crippen molar-refractivity contribution in [2.45, 2.75) is 13.8 Å². The van der Waals surface area contributed by atoms with Crippen molar-refractivity contribution in [1.29, 1.82) is 0 Å². The molecule has 0 saturated carbocycles. The summed E-state index contributed by atoms with van der Waals surface area (Å²) in [4.78, 5) is 31.2. The Hall–Kier alpha value is -1.34. The van der Waals surface area contributed by atoms with Crippen molar-refractivity contribution in [3.8, 4) is 0 Å². The molecular formula is C12H20N4O2S. The molecule has 0 aromatic heterocycles. The normalized spacial score (nSPS) is 20.5. The number of amides is 2. The number of nitrogens with one attached hydrogen (secondary N) is 1. The third-order valence-corrected chi connectivity index (χ3v) is 3.48. The molecule has 106 valence electrons. The van der Waals surface area contributed by atoms with Gasteiger partial charge in [0.2, 0.25) is 11.8 Å². The minimum Gasteiger partial charge on any atom is -0.302 e. The predicted molar refractivity (Wildman–Crippen MR) is 78.1 cm³/mol. The van der Waals surface area contributed by atoms with Crippen LogP contribution in [0.5, 0.6) is 0 Å². The Kier molecular flexibility index (Phi) is 6.04. The predicted octanol–water partition coefficient (Wildman–Crippen LogP) is -0.112. The lowest BCUT2D eigenvalue weighted by Crippen LogP contribution is -2.56. The minimum absolute atomic E-state index is 0.141. The van der Waals surface area contributed by atoms with Gasteiger partial charge in [-0.05, 0) is 25.3 Å². The maximum atomic E-state index is 11.9. The van der Waals surface area contributed by atoms with E-state index < -0.39 is 11.8 Å². The summed E-state index contributed by atoms with van der Waals surface area (Å²) < 4.78 is 0. The highest BCUT2D eigenvalue weighted by Gasteiger charge is 2.35. The summed E-state index contributed by atoms with van der Waals surface area (Å²) in [7, 11) is 1.54. The Morgan fingerprint density at radius 1 is 1.42 bits per heavy atom. The molecule has 19 heavy (non-hydrogen) atoms. The summed E-state index contributed by atoms with van der Waals surface area (Å²) >= 11 is 4.86. The molecule has 1 unspecified atom stereocenters. The van der Waals surface area contributed by atoms with E-state index in [1.807, 2.05) is 0 Å². The zero-order valence-corrected chi connectivity index (χ0v) is 12.4. The highest BCUT2D eigenvalue weighted by atomic mass is 32.1. The number of rotatable bonds is 6. The van der Waals surface area contributed by atoms with Crippen LogP contribution < -0.4 is 5.32 Å². The summed E-state index contributed by atoms with van der Waals surface area (Å²) in [6.45, 7) is 7.49. The minimum atomic E-state index is -0.867. The van der Waals surface area contributed by atoms with Crippen molar-refractivity contribution < 1.29 is 9.59 Å². The Bertz CT molecular complexity index is 393. The fourth-order valence-corrected chi connectivity index (χ4v) is 1.93. The number of likely N-dealkylation sites (N-methyl/N-ethyl adjacent to an activating group) is 1. The summed E-state index contributed by atoms with van der Waals surface area (Å²) in [6.07, 6.45) is 1.42. The van der Waals surface area contributed by atoms with E-state index in [9.17, 15) is 9.59 Å². The van der Waals surface area contributed by atoms with E-state index in [0.717, 1.165) is 19.6 Å². The molecule has 0 aromatic carbocycles. The number of thiocarbonyl (C=S) groups is 1. The van der Waals surface area contributed by atoms with E-state index in [1.165, 1.54) is 11.1 Å². The maximum Gasteiger partial charge on any atom is 0.246 e. The van der Waals surface area contributed by atoms with Gasteiger partial charge in [0.05, 0.1) is 6.54 Å². The first-order chi connectivity index (χ1) is 9.01. The molecule has 1 heterocycles. The van der Waals surface area contributed by atoms with Gasteiger partial charge in [-0.25, -0.2) is 0 Å². The van der Waals surface area contributed by atoms with Crippen molar-refractivity contribution in [3.05, 3.63) is 0 Å². The average molecular weight is 284 g/mol. The summed E-state index contributed by atoms with van der Waals surface area (Å²) in [5.41, 5.74) is 0. The number of aliphatic imine (C=N–C) groups is 1. The Morgan fingerprint density at radius 2 is 2.05 bits per heavy atom. The third-order valence-electron chi connectivity index (χ3n) is 3.11. The topological polar surface area (TPSA) is 65.0 Å². The van der Waals surface area contributed by atoms with E-state index in [2.05, 4.69) is 29.1 Å². The van der Waals surface area contributed by atoms with E-state index in [0.29, 0.717) is 6.54 Å². The van der Waals surface area contributed by atoms with Crippen LogP contribution in [0.4, 0.5) is 0 Å². The van der Waals surface area contributed by atoms with Crippen LogP contribution in [-0.2, 0) is 9.59 Å². The van der Waals surface area contributed by atoms with Gasteiger partial charge in [0.15, 0.2) is 11.0 Å². The standard InChI is InChI=1S/C12H20N4O2S/c1-4-16(5-2)7-6-13-8-9-10(17)14-12(19)15(3)11(9)18/h8-9H,4-7H2,1-3H3,(H,14,17,19). The highest BCUT2D eigenvalue weighted by Crippen LogP contribution is 2.06. The molecule has 0 aliphatic carbocycles. The quantitative estimate of drug-likeness (QED) is 0.420. The molecular weight excluding hydrogens is 264 g/mol. The Labute approximate surface area is 118 Å². The molecule has 6 nitrogen and oxygen atoms in total. The molecule has 1 fully saturated rings. The van der Waals surface area contributed by atoms with Crippen LogP contribution >= 0.6 is 12.2 Å². The van der Waals surface area contributed by atoms with Crippen molar-refractivity contribution in [1.82, 2.24) is 15.1 Å². The smallest absolute Gasteiger partial charge is 0.246 e. The number of nitrogens with zero attached hydrogens (tertiary/aromatic N) is 3. The van der Waals surface area contributed by atoms with Crippen LogP contribution in [0.1, 0.15) is 13.8 Å². The van der Waals surface area contributed by atoms with Crippen molar-refractivity contribution in [2.75, 3.05) is 33.2 Å². The fraction of sp³-hybridized carbons (Fsp3) is 0.667. The first kappa shape index (κ1) is 15.7. The molecule has 0 radical (unpaired) electrons. The molecule has 2 amide bonds. The SMILES string of the molecule is CCN(CC)CCN=CC1C(=O)NC(=S)N(C)C1=O. The monoisotopic (exact) mass is 284 g/mol. The molecule has 1 rings (SSSR count). The second kappa shape index (κ2) is 7.30. The van der Waals surface area contributed by atoms with E-state index in [4.69, 9.17) is 12.2 Å². The zero-order chi connectivity index (χ0) is 14.4. The lowest BCUT2D eigenvalue weighted by Gasteiger charge is -2.27. The average Bonchev–Trinajstić information content (AvgIpc) is 2.39. The summed E-state index contributed by atoms with van der Waals surface area (Å²) in [5.74, 6) is -1.60. The van der Waals surface area contributed by atoms with Crippen LogP contribution in [0.2, 0.25) is 0 Å². The first-order valence-electron chi connectivity index (χ1n) is 6.35. The Balaban J connectivity index is 2.53. The maximum absolute atomic E-state index is 11.9. The van der Waals surface area contributed by atoms with Crippen LogP contribution in [0, 0.1) is 5.92 Å². The summed E-state index contributed by atoms with van der Waals surface area (Å²) in [5, 5.41) is 2.62. The lowest BCUT2D eigenvalue weighted by atomic mass is 10.1. The number of hydrogen-bond acceptors (Lipinski definition) is 5. The largest absolute Gasteiger partial charge is 0.302 e. The van der Waals surface area contributed by atoms with Gasteiger partial charge in [-0.15, -0.1) is 0 Å². The van der Waals surface area contributed by atoms with Crippen LogP contribution in [0.3, 0.4) is 0 Å². The van der Waals surface area contributed by atoms with E-state index in [-0.39, 0.29) is 11.0 Å². The van der Waals surface area contributed by atoms with E-state index >= 15 is 0 Å². The molecule has 0 bridgehead atoms. The van der Waals surface area contributed by atoms with Crippen molar-refractivity contribution in [3.63, 3.8) is 0 Å². The van der Waals surface area contributed by atoms with Gasteiger partial charge < -0.3 is 10.2 Å². The molecule has 0 spiro atoms. The van der Waals surface area contributed by atoms with Gasteiger partial charge in [-0.2, -0.15) is 0 Å². The fourth-order valence-electron chi connectivity index (χ4n) is 1.74. The van der Waals surface area contributed by atoms with Gasteiger partial charge in [0.1, 0.15) is 0 Å². The highest BCUT2D eigenvalue weighted by molar-refractivity contribution is 7.80. The molecule has 1 atom stereocenters. The molecule has 1 aliphatic heterocycles. The molecule has 1 saturated heterocycles. The second-order valence-corrected chi connectivity index (χ2v) is 4.64. The van der Waals surface area contributed by atoms with Crippen LogP contribution in [-0.4, -0.2) is 66.2 Å². The number of carbonyl (C=O) groups excluding carboxylic acids is 2. The molecule has 0 aromatic rings. The summed E-state index contributed by atoms with van der Waals surface area (Å²) in [6, 6.07) is 0. The van der Waals surface area contributed by atoms with Gasteiger partial charge in [-0.1, -0.05) is 13.8 Å². The van der Waals surface area contributed by atoms with E-state index in [1.54, 1.807) is 7.05 Å². The van der Waals surface area contributed by atoms with Crippen molar-refractivity contribution >= 4 is 35.4 Å². The Morgan fingerprint density at radius 3 is 2.63 bits per heavy atom. The van der Waals surface area contributed by atoms with Crippen LogP contribution in [0.15, 0.2) is 4.99 Å². The van der Waals surface area contributed by atoms with Gasteiger partial charge >= 0.3 is 0 Å². The molecule has 7 heteroatoms. The zero-order valence-electron chi connectivity index (χ0n) is 11.5. The number of carbonyl (C=O) groups is 2. The molecule has 1 N–H and O–H groups in total. The first-order valence-corrected chi connectivity index (χ1v) is 6.76. The van der Waals surface area contributed by atoms with Gasteiger partial charge in [-0.3, -0.25) is 19.5 Å². The number of hydrogen-bond donors (Lipinski definition) is 1. The lowest BCUT2D eigenvalue weighted by molar-refractivity contribution is -0.137. The van der Waals surface area contributed by atoms with Gasteiger partial charge in [0, 0.05) is 19.8 Å². The van der Waals surface area contributed by atoms with Gasteiger partial charge in [0.25, 0.3) is 0 Å². The van der Waals surface area contributed by atoms with Crippen molar-refractivity contribution in [2.24, 2.45) is 10.9 Å². The molecule has 1 aliphatic rings. The van der Waals surface area contributed by atoms with Crippen LogP contribution in [0.25, 0.3) is 0 Å².